The number of carboxylic acids is 1. The molecule has 0 amide bonds. The number of fused-ring (bicyclic) bond motifs is 1. The predicted molar refractivity (Wildman–Crippen MR) is 99.4 cm³/mol. The normalized spacial score (nSPS) is 17.4. The Morgan fingerprint density at radius 3 is 2.59 bits per heavy atom. The number of hydrogen-bond donors (Lipinski definition) is 1. The summed E-state index contributed by atoms with van der Waals surface area (Å²) in [5, 5.41) is 9.20. The van der Waals surface area contributed by atoms with Crippen molar-refractivity contribution in [1.29, 1.82) is 0 Å². The van der Waals surface area contributed by atoms with Gasteiger partial charge in [-0.2, -0.15) is 13.2 Å². The van der Waals surface area contributed by atoms with Crippen LogP contribution in [0, 0.1) is 11.7 Å². The zero-order valence-corrected chi connectivity index (χ0v) is 15.9. The van der Waals surface area contributed by atoms with E-state index in [1.807, 2.05) is 0 Å². The third kappa shape index (κ3) is 3.74. The number of amidine groups is 1. The molecule has 1 aliphatic rings. The van der Waals surface area contributed by atoms with E-state index in [9.17, 15) is 27.5 Å². The second-order valence-corrected chi connectivity index (χ2v) is 6.72. The quantitative estimate of drug-likeness (QED) is 0.524. The maximum Gasteiger partial charge on any atom is 0.416 e. The summed E-state index contributed by atoms with van der Waals surface area (Å²) in [4.78, 5) is 16.8. The van der Waals surface area contributed by atoms with Gasteiger partial charge >= 0.3 is 12.1 Å². The van der Waals surface area contributed by atoms with Crippen LogP contribution in [0.4, 0.5) is 28.9 Å². The third-order valence-corrected chi connectivity index (χ3v) is 4.91. The lowest BCUT2D eigenvalue weighted by molar-refractivity contribution is -0.142. The molecule has 1 heterocycles. The Kier molecular flexibility index (Phi) is 5.44. The van der Waals surface area contributed by atoms with Gasteiger partial charge in [0.15, 0.2) is 0 Å². The number of ether oxygens (including phenoxy) is 1. The molecule has 0 saturated heterocycles. The number of hydrogen-bond acceptors (Lipinski definition) is 4. The van der Waals surface area contributed by atoms with Crippen molar-refractivity contribution in [3.05, 3.63) is 53.3 Å². The highest BCUT2D eigenvalue weighted by Crippen LogP contribution is 2.47. The maximum absolute atomic E-state index is 14.3. The zero-order valence-electron chi connectivity index (χ0n) is 15.2. The number of methoxy groups -OCH3 is 1. The minimum atomic E-state index is -4.65. The van der Waals surface area contributed by atoms with E-state index in [1.165, 1.54) is 26.2 Å². The number of aliphatic carboxylic acids is 1. The molecule has 10 heteroatoms. The first-order valence-electron chi connectivity index (χ1n) is 8.36. The fourth-order valence-electron chi connectivity index (χ4n) is 3.22. The van der Waals surface area contributed by atoms with Crippen molar-refractivity contribution in [3.63, 3.8) is 0 Å². The lowest BCUT2D eigenvalue weighted by atomic mass is 9.90. The predicted octanol–water partition coefficient (Wildman–Crippen LogP) is 5.36. The third-order valence-electron chi connectivity index (χ3n) is 4.65. The van der Waals surface area contributed by atoms with Gasteiger partial charge < -0.3 is 14.7 Å². The molecule has 0 fully saturated rings. The van der Waals surface area contributed by atoms with Crippen LogP contribution in [0.5, 0.6) is 5.75 Å². The fourth-order valence-corrected chi connectivity index (χ4v) is 3.50. The Labute approximate surface area is 168 Å². The van der Waals surface area contributed by atoms with Crippen LogP contribution in [0.15, 0.2) is 41.4 Å². The van der Waals surface area contributed by atoms with Gasteiger partial charge in [-0.05, 0) is 42.8 Å². The molecule has 154 valence electrons. The van der Waals surface area contributed by atoms with Gasteiger partial charge in [0.2, 0.25) is 5.29 Å². The molecule has 1 aliphatic heterocycles. The van der Waals surface area contributed by atoms with E-state index in [1.54, 1.807) is 0 Å². The van der Waals surface area contributed by atoms with Gasteiger partial charge in [0, 0.05) is 5.56 Å². The maximum atomic E-state index is 14.3. The number of aliphatic imine (C=N–C) groups is 1. The molecule has 0 radical (unpaired) electrons. The van der Waals surface area contributed by atoms with E-state index >= 15 is 0 Å². The average Bonchev–Trinajstić information content (AvgIpc) is 2.66. The van der Waals surface area contributed by atoms with Crippen molar-refractivity contribution in [3.8, 4) is 5.75 Å². The summed E-state index contributed by atoms with van der Waals surface area (Å²) < 4.78 is 59.3. The van der Waals surface area contributed by atoms with E-state index in [2.05, 4.69) is 4.99 Å². The number of anilines is 1. The second kappa shape index (κ2) is 7.55. The number of nitrogens with zero attached hydrogens (tertiary/aromatic N) is 2. The number of alkyl halides is 3. The van der Waals surface area contributed by atoms with Gasteiger partial charge in [-0.25, -0.2) is 9.38 Å². The molecule has 0 saturated carbocycles. The van der Waals surface area contributed by atoms with Crippen molar-refractivity contribution in [2.45, 2.75) is 19.1 Å². The number of halogens is 5. The molecule has 2 atom stereocenters. The molecule has 2 unspecified atom stereocenters. The summed E-state index contributed by atoms with van der Waals surface area (Å²) in [6.45, 7) is 1.35. The highest BCUT2D eigenvalue weighted by Gasteiger charge is 2.40. The summed E-state index contributed by atoms with van der Waals surface area (Å²) in [7, 11) is 1.25. The first kappa shape index (κ1) is 20.9. The Bertz CT molecular complexity index is 994. The van der Waals surface area contributed by atoms with E-state index < -0.39 is 35.5 Å². The van der Waals surface area contributed by atoms with Crippen LogP contribution in [0.3, 0.4) is 0 Å². The molecule has 0 bridgehead atoms. The van der Waals surface area contributed by atoms with Crippen LogP contribution >= 0.6 is 11.6 Å². The van der Waals surface area contributed by atoms with Crippen molar-refractivity contribution >= 4 is 34.2 Å². The first-order chi connectivity index (χ1) is 13.6. The highest BCUT2D eigenvalue weighted by atomic mass is 35.5. The van der Waals surface area contributed by atoms with Crippen LogP contribution in [-0.4, -0.2) is 23.5 Å². The standard InChI is InChI=1S/C19H15ClF4N2O3/c1-9(17(27)28)16-11-4-3-5-12(21)15(11)25-18(20)26(16)13-8-10(19(22,23)24)6-7-14(13)29-2/h3-9,16H,1-2H3,(H,27,28). The van der Waals surface area contributed by atoms with Crippen LogP contribution in [0.2, 0.25) is 0 Å². The lowest BCUT2D eigenvalue weighted by Crippen LogP contribution is -2.40. The molecule has 5 nitrogen and oxygen atoms in total. The van der Waals surface area contributed by atoms with Crippen LogP contribution in [-0.2, 0) is 11.0 Å². The first-order valence-corrected chi connectivity index (χ1v) is 8.74. The number of rotatable bonds is 4. The minimum absolute atomic E-state index is 0.0220. The van der Waals surface area contributed by atoms with Gasteiger partial charge in [0.25, 0.3) is 0 Å². The molecule has 2 aromatic rings. The average molecular weight is 431 g/mol. The van der Waals surface area contributed by atoms with Crippen LogP contribution in [0.25, 0.3) is 0 Å². The van der Waals surface area contributed by atoms with Crippen molar-refractivity contribution < 1.29 is 32.2 Å². The number of para-hydroxylation sites is 1. The van der Waals surface area contributed by atoms with Crippen molar-refractivity contribution in [2.75, 3.05) is 12.0 Å². The molecular formula is C19H15ClF4N2O3. The number of carboxylic acid groups (broad SMARTS) is 1. The summed E-state index contributed by atoms with van der Waals surface area (Å²) >= 11 is 6.24. The monoisotopic (exact) mass is 430 g/mol. The largest absolute Gasteiger partial charge is 0.495 e. The Hall–Kier alpha value is -2.81. The van der Waals surface area contributed by atoms with Gasteiger partial charge in [-0.1, -0.05) is 12.1 Å². The van der Waals surface area contributed by atoms with Crippen LogP contribution < -0.4 is 9.64 Å². The molecule has 0 spiro atoms. The second-order valence-electron chi connectivity index (χ2n) is 6.38. The highest BCUT2D eigenvalue weighted by molar-refractivity contribution is 6.68. The molecule has 29 heavy (non-hydrogen) atoms. The lowest BCUT2D eigenvalue weighted by Gasteiger charge is -2.38. The molecule has 1 N–H and O–H groups in total. The van der Waals surface area contributed by atoms with E-state index in [-0.39, 0.29) is 28.0 Å². The van der Waals surface area contributed by atoms with E-state index in [0.717, 1.165) is 29.2 Å². The molecule has 3 rings (SSSR count). The van der Waals surface area contributed by atoms with Crippen molar-refractivity contribution in [1.82, 2.24) is 0 Å². The molecule has 0 aliphatic carbocycles. The topological polar surface area (TPSA) is 62.1 Å². The van der Waals surface area contributed by atoms with Gasteiger partial charge in [-0.15, -0.1) is 0 Å². The summed E-state index contributed by atoms with van der Waals surface area (Å²) in [5.41, 5.74) is -1.09. The Balaban J connectivity index is 2.29. The zero-order chi connectivity index (χ0) is 21.5. The number of carbonyl (C=O) groups is 1. The van der Waals surface area contributed by atoms with Crippen molar-refractivity contribution in [2.24, 2.45) is 10.9 Å². The molecule has 0 aromatic heterocycles. The molecule has 2 aromatic carbocycles. The fraction of sp³-hybridized carbons (Fsp3) is 0.263. The Morgan fingerprint density at radius 2 is 2.00 bits per heavy atom. The minimum Gasteiger partial charge on any atom is -0.495 e. The number of benzene rings is 2. The summed E-state index contributed by atoms with van der Waals surface area (Å²) in [5.74, 6) is -3.11. The molecular weight excluding hydrogens is 416 g/mol. The summed E-state index contributed by atoms with van der Waals surface area (Å²) in [6.07, 6.45) is -4.65. The van der Waals surface area contributed by atoms with Gasteiger partial charge in [0.1, 0.15) is 17.3 Å². The Morgan fingerprint density at radius 1 is 1.31 bits per heavy atom. The van der Waals surface area contributed by atoms with E-state index in [0.29, 0.717) is 0 Å². The van der Waals surface area contributed by atoms with Gasteiger partial charge in [-0.3, -0.25) is 4.79 Å². The summed E-state index contributed by atoms with van der Waals surface area (Å²) in [6, 6.07) is 5.57. The smallest absolute Gasteiger partial charge is 0.416 e. The van der Waals surface area contributed by atoms with E-state index in [4.69, 9.17) is 16.3 Å². The van der Waals surface area contributed by atoms with Gasteiger partial charge in [0.05, 0.1) is 30.3 Å². The SMILES string of the molecule is COc1ccc(C(F)(F)F)cc1N1C(Cl)=Nc2c(F)cccc2C1C(C)C(=O)O. The van der Waals surface area contributed by atoms with Crippen LogP contribution in [0.1, 0.15) is 24.1 Å².